The summed E-state index contributed by atoms with van der Waals surface area (Å²) in [7, 11) is 0. The molecular formula is C12H12ClFN2. The van der Waals surface area contributed by atoms with Gasteiger partial charge in [0.1, 0.15) is 5.82 Å². The lowest BCUT2D eigenvalue weighted by Gasteiger charge is -2.08. The van der Waals surface area contributed by atoms with Crippen molar-refractivity contribution in [2.24, 2.45) is 5.73 Å². The van der Waals surface area contributed by atoms with E-state index in [1.54, 1.807) is 12.1 Å². The summed E-state index contributed by atoms with van der Waals surface area (Å²) in [5.41, 5.74) is 7.59. The number of hydrogen-bond acceptors (Lipinski definition) is 1. The molecule has 1 heterocycles. The van der Waals surface area contributed by atoms with Crippen LogP contribution in [-0.4, -0.2) is 4.57 Å². The second kappa shape index (κ2) is 4.68. The van der Waals surface area contributed by atoms with Crippen molar-refractivity contribution in [3.63, 3.8) is 0 Å². The summed E-state index contributed by atoms with van der Waals surface area (Å²) >= 11 is 5.72. The van der Waals surface area contributed by atoms with Crippen molar-refractivity contribution in [2.45, 2.75) is 13.1 Å². The number of benzene rings is 1. The van der Waals surface area contributed by atoms with Crippen molar-refractivity contribution in [1.82, 2.24) is 4.57 Å². The predicted octanol–water partition coefficient (Wildman–Crippen LogP) is 2.79. The highest BCUT2D eigenvalue weighted by molar-refractivity contribution is 6.30. The Morgan fingerprint density at radius 3 is 2.81 bits per heavy atom. The van der Waals surface area contributed by atoms with E-state index in [2.05, 4.69) is 0 Å². The average molecular weight is 239 g/mol. The summed E-state index contributed by atoms with van der Waals surface area (Å²) in [5, 5.41) is 0.152. The summed E-state index contributed by atoms with van der Waals surface area (Å²) in [6, 6.07) is 8.64. The largest absolute Gasteiger partial charge is 0.346 e. The lowest BCUT2D eigenvalue weighted by Crippen LogP contribution is -2.07. The summed E-state index contributed by atoms with van der Waals surface area (Å²) in [5.74, 6) is -0.392. The highest BCUT2D eigenvalue weighted by Crippen LogP contribution is 2.17. The van der Waals surface area contributed by atoms with Gasteiger partial charge in [0.2, 0.25) is 0 Å². The fourth-order valence-corrected chi connectivity index (χ4v) is 1.83. The van der Waals surface area contributed by atoms with Gasteiger partial charge < -0.3 is 10.3 Å². The highest BCUT2D eigenvalue weighted by Gasteiger charge is 2.03. The molecule has 2 aromatic rings. The second-order valence-electron chi connectivity index (χ2n) is 3.58. The van der Waals surface area contributed by atoms with Crippen LogP contribution in [0.1, 0.15) is 11.3 Å². The third kappa shape index (κ3) is 2.26. The first-order valence-corrected chi connectivity index (χ1v) is 5.36. The Labute approximate surface area is 98.4 Å². The van der Waals surface area contributed by atoms with E-state index in [4.69, 9.17) is 17.3 Å². The van der Waals surface area contributed by atoms with E-state index in [1.807, 2.05) is 22.9 Å². The van der Waals surface area contributed by atoms with Crippen molar-refractivity contribution in [1.29, 1.82) is 0 Å². The summed E-state index contributed by atoms with van der Waals surface area (Å²) in [6.07, 6.45) is 1.94. The van der Waals surface area contributed by atoms with Crippen LogP contribution in [0.3, 0.4) is 0 Å². The van der Waals surface area contributed by atoms with Crippen molar-refractivity contribution in [3.05, 3.63) is 58.6 Å². The first-order chi connectivity index (χ1) is 7.70. The molecule has 4 heteroatoms. The third-order valence-electron chi connectivity index (χ3n) is 2.47. The molecule has 0 saturated heterocycles. The molecule has 0 amide bonds. The Kier molecular flexibility index (Phi) is 3.27. The molecule has 0 aliphatic rings. The van der Waals surface area contributed by atoms with Crippen molar-refractivity contribution >= 4 is 11.6 Å². The van der Waals surface area contributed by atoms with E-state index in [9.17, 15) is 4.39 Å². The summed E-state index contributed by atoms with van der Waals surface area (Å²) < 4.78 is 15.0. The maximum absolute atomic E-state index is 13.0. The van der Waals surface area contributed by atoms with Crippen LogP contribution in [0.4, 0.5) is 4.39 Å². The Morgan fingerprint density at radius 2 is 2.12 bits per heavy atom. The van der Waals surface area contributed by atoms with Crippen molar-refractivity contribution in [2.75, 3.05) is 0 Å². The van der Waals surface area contributed by atoms with Crippen LogP contribution >= 0.6 is 11.6 Å². The van der Waals surface area contributed by atoms with E-state index < -0.39 is 5.82 Å². The van der Waals surface area contributed by atoms with Crippen LogP contribution < -0.4 is 5.73 Å². The van der Waals surface area contributed by atoms with Gasteiger partial charge in [-0.15, -0.1) is 0 Å². The Balaban J connectivity index is 2.24. The minimum Gasteiger partial charge on any atom is -0.346 e. The standard InChI is InChI=1S/C12H12ClFN2/c13-11-6-9(3-4-12(11)14)8-16-5-1-2-10(16)7-15/h1-6H,7-8,15H2. The van der Waals surface area contributed by atoms with E-state index in [0.717, 1.165) is 11.3 Å². The molecule has 0 unspecified atom stereocenters. The molecule has 16 heavy (non-hydrogen) atoms. The van der Waals surface area contributed by atoms with Crippen LogP contribution in [0.5, 0.6) is 0 Å². The molecule has 0 spiro atoms. The van der Waals surface area contributed by atoms with Gasteiger partial charge in [-0.05, 0) is 29.8 Å². The Morgan fingerprint density at radius 1 is 1.31 bits per heavy atom. The molecule has 1 aromatic heterocycles. The van der Waals surface area contributed by atoms with Gasteiger partial charge in [-0.2, -0.15) is 0 Å². The Hall–Kier alpha value is -1.32. The summed E-state index contributed by atoms with van der Waals surface area (Å²) in [6.45, 7) is 1.14. The molecule has 84 valence electrons. The first-order valence-electron chi connectivity index (χ1n) is 4.98. The number of nitrogens with zero attached hydrogens (tertiary/aromatic N) is 1. The van der Waals surface area contributed by atoms with Gasteiger partial charge in [-0.25, -0.2) is 4.39 Å². The molecule has 0 fully saturated rings. The molecule has 0 aliphatic heterocycles. The maximum atomic E-state index is 13.0. The van der Waals surface area contributed by atoms with E-state index in [-0.39, 0.29) is 5.02 Å². The zero-order chi connectivity index (χ0) is 11.5. The molecule has 0 atom stereocenters. The molecule has 0 radical (unpaired) electrons. The van der Waals surface area contributed by atoms with Crippen molar-refractivity contribution < 1.29 is 4.39 Å². The van der Waals surface area contributed by atoms with Gasteiger partial charge in [0.25, 0.3) is 0 Å². The van der Waals surface area contributed by atoms with Gasteiger partial charge >= 0.3 is 0 Å². The minimum absolute atomic E-state index is 0.152. The van der Waals surface area contributed by atoms with Crippen LogP contribution in [0.15, 0.2) is 36.5 Å². The molecule has 1 aromatic carbocycles. The molecule has 2 nitrogen and oxygen atoms in total. The van der Waals surface area contributed by atoms with E-state index in [0.29, 0.717) is 13.1 Å². The molecule has 0 saturated carbocycles. The van der Waals surface area contributed by atoms with Gasteiger partial charge in [0.15, 0.2) is 0 Å². The number of aromatic nitrogens is 1. The molecule has 2 rings (SSSR count). The van der Waals surface area contributed by atoms with Gasteiger partial charge in [-0.1, -0.05) is 17.7 Å². The highest BCUT2D eigenvalue weighted by atomic mass is 35.5. The summed E-state index contributed by atoms with van der Waals surface area (Å²) in [4.78, 5) is 0. The second-order valence-corrected chi connectivity index (χ2v) is 3.99. The predicted molar refractivity (Wildman–Crippen MR) is 62.8 cm³/mol. The molecule has 0 aliphatic carbocycles. The first kappa shape index (κ1) is 11.2. The maximum Gasteiger partial charge on any atom is 0.141 e. The fourth-order valence-electron chi connectivity index (χ4n) is 1.62. The molecule has 2 N–H and O–H groups in total. The van der Waals surface area contributed by atoms with Crippen LogP contribution in [0, 0.1) is 5.82 Å². The molecular weight excluding hydrogens is 227 g/mol. The van der Waals surface area contributed by atoms with Gasteiger partial charge in [0, 0.05) is 25.0 Å². The fraction of sp³-hybridized carbons (Fsp3) is 0.167. The van der Waals surface area contributed by atoms with Crippen LogP contribution in [0.25, 0.3) is 0 Å². The lowest BCUT2D eigenvalue weighted by molar-refractivity contribution is 0.626. The quantitative estimate of drug-likeness (QED) is 0.876. The van der Waals surface area contributed by atoms with Crippen LogP contribution in [-0.2, 0) is 13.1 Å². The van der Waals surface area contributed by atoms with E-state index >= 15 is 0 Å². The topological polar surface area (TPSA) is 30.9 Å². The van der Waals surface area contributed by atoms with Crippen molar-refractivity contribution in [3.8, 4) is 0 Å². The normalized spacial score (nSPS) is 10.7. The number of nitrogens with two attached hydrogens (primary N) is 1. The monoisotopic (exact) mass is 238 g/mol. The average Bonchev–Trinajstić information content (AvgIpc) is 2.71. The number of hydrogen-bond donors (Lipinski definition) is 1. The van der Waals surface area contributed by atoms with E-state index in [1.165, 1.54) is 6.07 Å². The number of rotatable bonds is 3. The SMILES string of the molecule is NCc1cccn1Cc1ccc(F)c(Cl)c1. The van der Waals surface area contributed by atoms with Gasteiger partial charge in [-0.3, -0.25) is 0 Å². The van der Waals surface area contributed by atoms with Crippen LogP contribution in [0.2, 0.25) is 5.02 Å². The number of halogens is 2. The zero-order valence-corrected chi connectivity index (χ0v) is 9.41. The zero-order valence-electron chi connectivity index (χ0n) is 8.66. The Bertz CT molecular complexity index is 494. The third-order valence-corrected chi connectivity index (χ3v) is 2.76. The lowest BCUT2D eigenvalue weighted by atomic mass is 10.2. The minimum atomic E-state index is -0.392. The van der Waals surface area contributed by atoms with Gasteiger partial charge in [0.05, 0.1) is 5.02 Å². The smallest absolute Gasteiger partial charge is 0.141 e. The molecule has 0 bridgehead atoms.